The van der Waals surface area contributed by atoms with E-state index in [-0.39, 0.29) is 18.1 Å². The summed E-state index contributed by atoms with van der Waals surface area (Å²) in [6, 6.07) is 0. The van der Waals surface area contributed by atoms with Gasteiger partial charge in [0.25, 0.3) is 0 Å². The van der Waals surface area contributed by atoms with Crippen LogP contribution in [0.25, 0.3) is 0 Å². The number of unbranched alkanes of at least 4 members (excludes halogenated alkanes) is 1. The number of aliphatic hydroxyl groups is 2. The first-order chi connectivity index (χ1) is 6.67. The van der Waals surface area contributed by atoms with E-state index < -0.39 is 0 Å². The normalized spacial score (nSPS) is 17.8. The molecule has 2 heteroatoms. The van der Waals surface area contributed by atoms with Crippen molar-refractivity contribution in [2.75, 3.05) is 0 Å². The van der Waals surface area contributed by atoms with Crippen molar-refractivity contribution in [2.45, 2.75) is 71.5 Å². The molecule has 14 heavy (non-hydrogen) atoms. The molecule has 0 amide bonds. The zero-order chi connectivity index (χ0) is 11.0. The van der Waals surface area contributed by atoms with Crippen LogP contribution in [0.3, 0.4) is 0 Å². The Balaban J connectivity index is 3.96. The summed E-state index contributed by atoms with van der Waals surface area (Å²) in [5, 5.41) is 19.7. The van der Waals surface area contributed by atoms with Gasteiger partial charge in [0, 0.05) is 5.92 Å². The van der Waals surface area contributed by atoms with Crippen molar-refractivity contribution >= 4 is 0 Å². The second-order valence-corrected chi connectivity index (χ2v) is 4.14. The lowest BCUT2D eigenvalue weighted by molar-refractivity contribution is 0.00135. The van der Waals surface area contributed by atoms with Crippen molar-refractivity contribution < 1.29 is 10.2 Å². The fraction of sp³-hybridized carbons (Fsp3) is 1.00. The Hall–Kier alpha value is -0.0800. The van der Waals surface area contributed by atoms with Gasteiger partial charge < -0.3 is 10.2 Å². The first-order valence-electron chi connectivity index (χ1n) is 6.03. The summed E-state index contributed by atoms with van der Waals surface area (Å²) in [4.78, 5) is 0. The third-order valence-corrected chi connectivity index (χ3v) is 2.90. The van der Waals surface area contributed by atoms with Crippen LogP contribution in [0.2, 0.25) is 0 Å². The molecule has 0 saturated heterocycles. The Morgan fingerprint density at radius 3 is 1.86 bits per heavy atom. The molecular formula is C12H26O2. The molecule has 3 atom stereocenters. The van der Waals surface area contributed by atoms with Gasteiger partial charge in [0.1, 0.15) is 0 Å². The lowest BCUT2D eigenvalue weighted by Gasteiger charge is -2.26. The Kier molecular flexibility index (Phi) is 8.20. The average molecular weight is 202 g/mol. The van der Waals surface area contributed by atoms with Gasteiger partial charge in [0.15, 0.2) is 0 Å². The van der Waals surface area contributed by atoms with Crippen molar-refractivity contribution in [1.82, 2.24) is 0 Å². The van der Waals surface area contributed by atoms with Gasteiger partial charge in [0.05, 0.1) is 12.2 Å². The molecule has 0 aromatic heterocycles. The van der Waals surface area contributed by atoms with E-state index in [1.807, 2.05) is 6.92 Å². The van der Waals surface area contributed by atoms with Crippen LogP contribution < -0.4 is 0 Å². The Bertz CT molecular complexity index is 125. The van der Waals surface area contributed by atoms with E-state index in [9.17, 15) is 10.2 Å². The van der Waals surface area contributed by atoms with E-state index in [1.165, 1.54) is 0 Å². The molecule has 0 radical (unpaired) electrons. The molecule has 0 spiro atoms. The number of hydrogen-bond donors (Lipinski definition) is 2. The standard InChI is InChI=1S/C12H26O2/c1-4-7-9-12(14)10(6-3)11(13)8-5-2/h10-14H,4-9H2,1-3H3. The van der Waals surface area contributed by atoms with E-state index in [0.29, 0.717) is 0 Å². The highest BCUT2D eigenvalue weighted by Gasteiger charge is 2.23. The molecule has 2 nitrogen and oxygen atoms in total. The van der Waals surface area contributed by atoms with Gasteiger partial charge in [-0.1, -0.05) is 40.0 Å². The van der Waals surface area contributed by atoms with Gasteiger partial charge in [0.2, 0.25) is 0 Å². The van der Waals surface area contributed by atoms with E-state index in [0.717, 1.165) is 38.5 Å². The second-order valence-electron chi connectivity index (χ2n) is 4.14. The molecule has 3 unspecified atom stereocenters. The second kappa shape index (κ2) is 8.25. The summed E-state index contributed by atoms with van der Waals surface area (Å²) in [6.45, 7) is 6.23. The van der Waals surface area contributed by atoms with Crippen LogP contribution in [0.15, 0.2) is 0 Å². The maximum Gasteiger partial charge on any atom is 0.0593 e. The van der Waals surface area contributed by atoms with Crippen LogP contribution in [-0.4, -0.2) is 22.4 Å². The van der Waals surface area contributed by atoms with E-state index in [4.69, 9.17) is 0 Å². The Morgan fingerprint density at radius 1 is 0.857 bits per heavy atom. The third-order valence-electron chi connectivity index (χ3n) is 2.90. The predicted molar refractivity (Wildman–Crippen MR) is 60.2 cm³/mol. The largest absolute Gasteiger partial charge is 0.393 e. The smallest absolute Gasteiger partial charge is 0.0593 e. The number of hydrogen-bond acceptors (Lipinski definition) is 2. The molecular weight excluding hydrogens is 176 g/mol. The Morgan fingerprint density at radius 2 is 1.43 bits per heavy atom. The maximum atomic E-state index is 9.88. The lowest BCUT2D eigenvalue weighted by atomic mass is 9.88. The minimum atomic E-state index is -0.322. The highest BCUT2D eigenvalue weighted by molar-refractivity contribution is 4.74. The minimum absolute atomic E-state index is 0.0708. The summed E-state index contributed by atoms with van der Waals surface area (Å²) >= 11 is 0. The predicted octanol–water partition coefficient (Wildman–Crippen LogP) is 2.72. The molecule has 0 aromatic carbocycles. The van der Waals surface area contributed by atoms with Gasteiger partial charge >= 0.3 is 0 Å². The summed E-state index contributed by atoms with van der Waals surface area (Å²) in [6.07, 6.45) is 5.01. The SMILES string of the molecule is CCCCC(O)C(CC)C(O)CCC. The molecule has 0 fully saturated rings. The van der Waals surface area contributed by atoms with E-state index in [1.54, 1.807) is 0 Å². The molecule has 0 aromatic rings. The van der Waals surface area contributed by atoms with Crippen LogP contribution in [0.5, 0.6) is 0 Å². The summed E-state index contributed by atoms with van der Waals surface area (Å²) in [5.74, 6) is 0.0708. The van der Waals surface area contributed by atoms with Gasteiger partial charge in [-0.25, -0.2) is 0 Å². The number of rotatable bonds is 8. The molecule has 0 aliphatic carbocycles. The van der Waals surface area contributed by atoms with E-state index >= 15 is 0 Å². The molecule has 0 aliphatic heterocycles. The molecule has 0 bridgehead atoms. The fourth-order valence-electron chi connectivity index (χ4n) is 1.94. The summed E-state index contributed by atoms with van der Waals surface area (Å²) < 4.78 is 0. The molecule has 0 saturated carbocycles. The van der Waals surface area contributed by atoms with E-state index in [2.05, 4.69) is 13.8 Å². The summed E-state index contributed by atoms with van der Waals surface area (Å²) in [7, 11) is 0. The fourth-order valence-corrected chi connectivity index (χ4v) is 1.94. The molecule has 2 N–H and O–H groups in total. The van der Waals surface area contributed by atoms with Gasteiger partial charge in [-0.3, -0.25) is 0 Å². The van der Waals surface area contributed by atoms with Crippen LogP contribution in [0, 0.1) is 5.92 Å². The molecule has 0 rings (SSSR count). The monoisotopic (exact) mass is 202 g/mol. The number of aliphatic hydroxyl groups excluding tert-OH is 2. The molecule has 86 valence electrons. The van der Waals surface area contributed by atoms with Crippen molar-refractivity contribution in [2.24, 2.45) is 5.92 Å². The van der Waals surface area contributed by atoms with Gasteiger partial charge in [-0.2, -0.15) is 0 Å². The van der Waals surface area contributed by atoms with Crippen LogP contribution >= 0.6 is 0 Å². The topological polar surface area (TPSA) is 40.5 Å². The zero-order valence-electron chi connectivity index (χ0n) is 9.87. The van der Waals surface area contributed by atoms with Crippen molar-refractivity contribution in [3.8, 4) is 0 Å². The first-order valence-corrected chi connectivity index (χ1v) is 6.03. The van der Waals surface area contributed by atoms with Crippen LogP contribution in [0.4, 0.5) is 0 Å². The van der Waals surface area contributed by atoms with Crippen molar-refractivity contribution in [1.29, 1.82) is 0 Å². The average Bonchev–Trinajstić information content (AvgIpc) is 2.16. The van der Waals surface area contributed by atoms with Crippen molar-refractivity contribution in [3.05, 3.63) is 0 Å². The first kappa shape index (κ1) is 13.9. The third kappa shape index (κ3) is 4.97. The van der Waals surface area contributed by atoms with Crippen LogP contribution in [-0.2, 0) is 0 Å². The van der Waals surface area contributed by atoms with Crippen molar-refractivity contribution in [3.63, 3.8) is 0 Å². The molecule has 0 heterocycles. The maximum absolute atomic E-state index is 9.88. The van der Waals surface area contributed by atoms with Gasteiger partial charge in [-0.05, 0) is 19.3 Å². The zero-order valence-corrected chi connectivity index (χ0v) is 9.87. The quantitative estimate of drug-likeness (QED) is 0.635. The highest BCUT2D eigenvalue weighted by Crippen LogP contribution is 2.21. The summed E-state index contributed by atoms with van der Waals surface area (Å²) in [5.41, 5.74) is 0. The molecule has 0 aliphatic rings. The lowest BCUT2D eigenvalue weighted by Crippen LogP contribution is -2.31. The minimum Gasteiger partial charge on any atom is -0.393 e. The van der Waals surface area contributed by atoms with Crippen LogP contribution in [0.1, 0.15) is 59.3 Å². The highest BCUT2D eigenvalue weighted by atomic mass is 16.3. The Labute approximate surface area is 88.3 Å². The van der Waals surface area contributed by atoms with Gasteiger partial charge in [-0.15, -0.1) is 0 Å².